The number of nitrogens with zero attached hydrogens (tertiary/aromatic N) is 1. The van der Waals surface area contributed by atoms with E-state index in [-0.39, 0.29) is 0 Å². The summed E-state index contributed by atoms with van der Waals surface area (Å²) < 4.78 is 5.63. The molecular formula is C15H19N3O. The molecule has 0 radical (unpaired) electrons. The summed E-state index contributed by atoms with van der Waals surface area (Å²) in [4.78, 5) is 7.36. The molecule has 100 valence electrons. The molecule has 1 unspecified atom stereocenters. The van der Waals surface area contributed by atoms with Crippen LogP contribution in [0.1, 0.15) is 29.4 Å². The van der Waals surface area contributed by atoms with E-state index in [1.807, 2.05) is 6.20 Å². The molecule has 1 aromatic carbocycles. The van der Waals surface area contributed by atoms with Gasteiger partial charge in [-0.3, -0.25) is 0 Å². The topological polar surface area (TPSA) is 49.9 Å². The SMILES string of the molecule is c1ccc2c(c1)COCC2NCCCc1ncc[nH]1. The molecule has 0 bridgehead atoms. The van der Waals surface area contributed by atoms with E-state index < -0.39 is 0 Å². The van der Waals surface area contributed by atoms with Gasteiger partial charge in [-0.2, -0.15) is 0 Å². The van der Waals surface area contributed by atoms with Crippen molar-refractivity contribution in [1.82, 2.24) is 15.3 Å². The number of H-pyrrole nitrogens is 1. The molecule has 0 aliphatic carbocycles. The normalized spacial score (nSPS) is 18.2. The largest absolute Gasteiger partial charge is 0.375 e. The van der Waals surface area contributed by atoms with Crippen molar-refractivity contribution in [3.63, 3.8) is 0 Å². The molecule has 1 aliphatic heterocycles. The highest BCUT2D eigenvalue weighted by Crippen LogP contribution is 2.24. The second-order valence-corrected chi connectivity index (χ2v) is 4.86. The summed E-state index contributed by atoms with van der Waals surface area (Å²) in [5, 5.41) is 3.57. The van der Waals surface area contributed by atoms with Crippen molar-refractivity contribution in [2.45, 2.75) is 25.5 Å². The zero-order valence-electron chi connectivity index (χ0n) is 10.9. The van der Waals surface area contributed by atoms with Crippen LogP contribution in [0.5, 0.6) is 0 Å². The fourth-order valence-electron chi connectivity index (χ4n) is 2.52. The van der Waals surface area contributed by atoms with Crippen LogP contribution in [0.25, 0.3) is 0 Å². The number of fused-ring (bicyclic) bond motifs is 1. The van der Waals surface area contributed by atoms with Crippen LogP contribution >= 0.6 is 0 Å². The van der Waals surface area contributed by atoms with Gasteiger partial charge in [0, 0.05) is 18.8 Å². The Hall–Kier alpha value is -1.65. The van der Waals surface area contributed by atoms with Gasteiger partial charge in [-0.15, -0.1) is 0 Å². The van der Waals surface area contributed by atoms with Gasteiger partial charge in [0.15, 0.2) is 0 Å². The lowest BCUT2D eigenvalue weighted by Gasteiger charge is -2.26. The van der Waals surface area contributed by atoms with Crippen molar-refractivity contribution < 1.29 is 4.74 Å². The van der Waals surface area contributed by atoms with Gasteiger partial charge in [0.25, 0.3) is 0 Å². The highest BCUT2D eigenvalue weighted by Gasteiger charge is 2.19. The van der Waals surface area contributed by atoms with Crippen LogP contribution in [0.4, 0.5) is 0 Å². The van der Waals surface area contributed by atoms with E-state index in [0.717, 1.165) is 38.4 Å². The summed E-state index contributed by atoms with van der Waals surface area (Å²) >= 11 is 0. The molecule has 0 amide bonds. The smallest absolute Gasteiger partial charge is 0.106 e. The van der Waals surface area contributed by atoms with E-state index in [9.17, 15) is 0 Å². The van der Waals surface area contributed by atoms with Crippen LogP contribution in [-0.2, 0) is 17.8 Å². The molecule has 3 rings (SSSR count). The number of rotatable bonds is 5. The maximum absolute atomic E-state index is 5.63. The van der Waals surface area contributed by atoms with Crippen LogP contribution in [0.15, 0.2) is 36.7 Å². The minimum Gasteiger partial charge on any atom is -0.375 e. The first-order valence-electron chi connectivity index (χ1n) is 6.80. The number of ether oxygens (including phenoxy) is 1. The molecular weight excluding hydrogens is 238 g/mol. The van der Waals surface area contributed by atoms with Crippen LogP contribution in [0.3, 0.4) is 0 Å². The van der Waals surface area contributed by atoms with Gasteiger partial charge in [0.05, 0.1) is 19.3 Å². The van der Waals surface area contributed by atoms with Gasteiger partial charge in [-0.25, -0.2) is 4.98 Å². The lowest BCUT2D eigenvalue weighted by molar-refractivity contribution is 0.0822. The van der Waals surface area contributed by atoms with Crippen molar-refractivity contribution >= 4 is 0 Å². The molecule has 4 nitrogen and oxygen atoms in total. The maximum Gasteiger partial charge on any atom is 0.106 e. The first kappa shape index (κ1) is 12.4. The monoisotopic (exact) mass is 257 g/mol. The second kappa shape index (κ2) is 5.99. The minimum absolute atomic E-state index is 0.321. The third-order valence-electron chi connectivity index (χ3n) is 3.51. The van der Waals surface area contributed by atoms with Crippen molar-refractivity contribution in [3.8, 4) is 0 Å². The summed E-state index contributed by atoms with van der Waals surface area (Å²) in [6.45, 7) is 2.47. The van der Waals surface area contributed by atoms with Crippen molar-refractivity contribution in [2.75, 3.05) is 13.2 Å². The Balaban J connectivity index is 1.51. The summed E-state index contributed by atoms with van der Waals surface area (Å²) in [7, 11) is 0. The summed E-state index contributed by atoms with van der Waals surface area (Å²) in [6.07, 6.45) is 5.73. The molecule has 2 heterocycles. The zero-order chi connectivity index (χ0) is 12.9. The number of hydrogen-bond donors (Lipinski definition) is 2. The minimum atomic E-state index is 0.321. The number of benzene rings is 1. The number of imidazole rings is 1. The van der Waals surface area contributed by atoms with E-state index in [0.29, 0.717) is 6.04 Å². The van der Waals surface area contributed by atoms with E-state index >= 15 is 0 Å². The Labute approximate surface area is 113 Å². The van der Waals surface area contributed by atoms with Crippen LogP contribution < -0.4 is 5.32 Å². The van der Waals surface area contributed by atoms with Gasteiger partial charge in [0.1, 0.15) is 5.82 Å². The molecule has 0 fully saturated rings. The predicted octanol–water partition coefficient (Wildman–Crippen LogP) is 2.20. The lowest BCUT2D eigenvalue weighted by atomic mass is 9.99. The van der Waals surface area contributed by atoms with Crippen LogP contribution in [0.2, 0.25) is 0 Å². The Bertz CT molecular complexity index is 510. The summed E-state index contributed by atoms with van der Waals surface area (Å²) in [6, 6.07) is 8.83. The molecule has 1 aliphatic rings. The second-order valence-electron chi connectivity index (χ2n) is 4.86. The lowest BCUT2D eigenvalue weighted by Crippen LogP contribution is -2.30. The molecule has 4 heteroatoms. The Kier molecular flexibility index (Phi) is 3.91. The Morgan fingerprint density at radius 3 is 3.21 bits per heavy atom. The van der Waals surface area contributed by atoms with Gasteiger partial charge in [0.2, 0.25) is 0 Å². The van der Waals surface area contributed by atoms with Crippen LogP contribution in [0, 0.1) is 0 Å². The van der Waals surface area contributed by atoms with Crippen molar-refractivity contribution in [1.29, 1.82) is 0 Å². The number of aryl methyl sites for hydroxylation is 1. The quantitative estimate of drug-likeness (QED) is 0.807. The first-order chi connectivity index (χ1) is 9.43. The van der Waals surface area contributed by atoms with E-state index in [2.05, 4.69) is 39.6 Å². The Morgan fingerprint density at radius 2 is 2.32 bits per heavy atom. The van der Waals surface area contributed by atoms with Gasteiger partial charge in [-0.05, 0) is 24.1 Å². The van der Waals surface area contributed by atoms with E-state index in [1.165, 1.54) is 11.1 Å². The fraction of sp³-hybridized carbons (Fsp3) is 0.400. The molecule has 1 aromatic heterocycles. The standard InChI is InChI=1S/C15H19N3O/c1-2-5-13-12(4-1)10-19-11-14(13)16-7-3-6-15-17-8-9-18-15/h1-2,4-5,8-9,14,16H,3,6-7,10-11H2,(H,17,18). The summed E-state index contributed by atoms with van der Waals surface area (Å²) in [5.74, 6) is 1.06. The van der Waals surface area contributed by atoms with Crippen molar-refractivity contribution in [2.24, 2.45) is 0 Å². The zero-order valence-corrected chi connectivity index (χ0v) is 10.9. The van der Waals surface area contributed by atoms with Gasteiger partial charge >= 0.3 is 0 Å². The average Bonchev–Trinajstić information content (AvgIpc) is 2.97. The number of aromatic nitrogens is 2. The third kappa shape index (κ3) is 3.03. The molecule has 2 N–H and O–H groups in total. The van der Waals surface area contributed by atoms with E-state index in [4.69, 9.17) is 4.74 Å². The van der Waals surface area contributed by atoms with Crippen LogP contribution in [-0.4, -0.2) is 23.1 Å². The van der Waals surface area contributed by atoms with Crippen molar-refractivity contribution in [3.05, 3.63) is 53.6 Å². The fourth-order valence-corrected chi connectivity index (χ4v) is 2.52. The highest BCUT2D eigenvalue weighted by atomic mass is 16.5. The van der Waals surface area contributed by atoms with Gasteiger partial charge in [-0.1, -0.05) is 24.3 Å². The predicted molar refractivity (Wildman–Crippen MR) is 73.8 cm³/mol. The molecule has 19 heavy (non-hydrogen) atoms. The first-order valence-corrected chi connectivity index (χ1v) is 6.80. The van der Waals surface area contributed by atoms with E-state index in [1.54, 1.807) is 6.20 Å². The molecule has 2 aromatic rings. The third-order valence-corrected chi connectivity index (χ3v) is 3.51. The van der Waals surface area contributed by atoms with Gasteiger partial charge < -0.3 is 15.0 Å². The average molecular weight is 257 g/mol. The molecule has 0 spiro atoms. The molecule has 0 saturated heterocycles. The molecule has 0 saturated carbocycles. The maximum atomic E-state index is 5.63. The highest BCUT2D eigenvalue weighted by molar-refractivity contribution is 5.30. The number of hydrogen-bond acceptors (Lipinski definition) is 3. The number of nitrogens with one attached hydrogen (secondary N) is 2. The summed E-state index contributed by atoms with van der Waals surface area (Å²) in [5.41, 5.74) is 2.68. The molecule has 1 atom stereocenters. The Morgan fingerprint density at radius 1 is 1.37 bits per heavy atom. The number of aromatic amines is 1.